The van der Waals surface area contributed by atoms with Crippen molar-refractivity contribution in [2.45, 2.75) is 11.6 Å². The number of amides is 1. The van der Waals surface area contributed by atoms with E-state index in [9.17, 15) is 9.59 Å². The van der Waals surface area contributed by atoms with E-state index >= 15 is 0 Å². The van der Waals surface area contributed by atoms with Crippen LogP contribution in [0, 0.1) is 0 Å². The van der Waals surface area contributed by atoms with Gasteiger partial charge in [-0.3, -0.25) is 14.2 Å². The molecule has 4 rings (SSSR count). The summed E-state index contributed by atoms with van der Waals surface area (Å²) in [6, 6.07) is 24.2. The van der Waals surface area contributed by atoms with Gasteiger partial charge in [0.05, 0.1) is 16.6 Å². The van der Waals surface area contributed by atoms with Crippen LogP contribution in [0.5, 0.6) is 0 Å². The SMILES string of the molecule is O=C(CCSc1nc2ccccc2c(=O)n1-c1ccccc1)Nc1ccc(Br)cc1. The maximum absolute atomic E-state index is 13.1. The molecule has 1 amide bonds. The van der Waals surface area contributed by atoms with Crippen molar-refractivity contribution in [3.63, 3.8) is 0 Å². The predicted octanol–water partition coefficient (Wildman–Crippen LogP) is 5.27. The Kier molecular flexibility index (Phi) is 6.30. The van der Waals surface area contributed by atoms with Crippen molar-refractivity contribution in [3.05, 3.63) is 93.7 Å². The molecule has 4 aromatic rings. The van der Waals surface area contributed by atoms with Crippen molar-refractivity contribution in [2.75, 3.05) is 11.1 Å². The number of para-hydroxylation sites is 2. The van der Waals surface area contributed by atoms with Crippen LogP contribution in [-0.2, 0) is 4.79 Å². The molecule has 0 radical (unpaired) electrons. The van der Waals surface area contributed by atoms with Crippen molar-refractivity contribution >= 4 is 50.2 Å². The lowest BCUT2D eigenvalue weighted by atomic mass is 10.2. The number of rotatable bonds is 6. The molecule has 0 saturated carbocycles. The Morgan fingerprint density at radius 3 is 2.43 bits per heavy atom. The number of benzene rings is 3. The third kappa shape index (κ3) is 4.63. The number of carbonyl (C=O) groups excluding carboxylic acids is 1. The van der Waals surface area contributed by atoms with E-state index in [-0.39, 0.29) is 11.5 Å². The molecule has 0 atom stereocenters. The summed E-state index contributed by atoms with van der Waals surface area (Å²) in [6.07, 6.45) is 0.304. The van der Waals surface area contributed by atoms with Crippen LogP contribution in [0.25, 0.3) is 16.6 Å². The number of thioether (sulfide) groups is 1. The number of fused-ring (bicyclic) bond motifs is 1. The molecule has 0 unspecified atom stereocenters. The van der Waals surface area contributed by atoms with Crippen LogP contribution in [0.3, 0.4) is 0 Å². The van der Waals surface area contributed by atoms with E-state index in [1.807, 2.05) is 72.8 Å². The Hall–Kier alpha value is -2.90. The summed E-state index contributed by atoms with van der Waals surface area (Å²) in [7, 11) is 0. The van der Waals surface area contributed by atoms with Gasteiger partial charge in [0.2, 0.25) is 5.91 Å². The minimum absolute atomic E-state index is 0.0841. The second-order valence-electron chi connectivity index (χ2n) is 6.54. The van der Waals surface area contributed by atoms with Gasteiger partial charge in [0, 0.05) is 22.3 Å². The first-order chi connectivity index (χ1) is 14.6. The standard InChI is InChI=1S/C23H18BrN3O2S/c24-16-10-12-17(13-11-16)25-21(28)14-15-30-23-26-20-9-5-4-8-19(20)22(29)27(23)18-6-2-1-3-7-18/h1-13H,14-15H2,(H,25,28). The molecule has 0 spiro atoms. The molecule has 5 nitrogen and oxygen atoms in total. The summed E-state index contributed by atoms with van der Waals surface area (Å²) in [5.41, 5.74) is 2.03. The average Bonchev–Trinajstić information content (AvgIpc) is 2.76. The smallest absolute Gasteiger partial charge is 0.266 e. The number of nitrogens with zero attached hydrogens (tertiary/aromatic N) is 2. The summed E-state index contributed by atoms with van der Waals surface area (Å²) in [5, 5.41) is 4.02. The van der Waals surface area contributed by atoms with Crippen LogP contribution < -0.4 is 10.9 Å². The van der Waals surface area contributed by atoms with E-state index in [0.29, 0.717) is 28.2 Å². The third-order valence-corrected chi connectivity index (χ3v) is 5.92. The normalized spacial score (nSPS) is 10.8. The van der Waals surface area contributed by atoms with Gasteiger partial charge in [-0.15, -0.1) is 0 Å². The molecule has 0 aliphatic carbocycles. The number of anilines is 1. The van der Waals surface area contributed by atoms with Crippen LogP contribution in [0.1, 0.15) is 6.42 Å². The second-order valence-corrected chi connectivity index (χ2v) is 8.52. The zero-order chi connectivity index (χ0) is 20.9. The fourth-order valence-electron chi connectivity index (χ4n) is 3.01. The Labute approximate surface area is 186 Å². The van der Waals surface area contributed by atoms with Crippen molar-refractivity contribution in [3.8, 4) is 5.69 Å². The van der Waals surface area contributed by atoms with Gasteiger partial charge >= 0.3 is 0 Å². The van der Waals surface area contributed by atoms with Gasteiger partial charge in [0.25, 0.3) is 5.56 Å². The van der Waals surface area contributed by atoms with E-state index in [0.717, 1.165) is 15.8 Å². The van der Waals surface area contributed by atoms with Crippen LogP contribution in [0.15, 0.2) is 93.3 Å². The molecule has 1 aromatic heterocycles. The first-order valence-corrected chi connectivity index (χ1v) is 11.1. The molecule has 3 aromatic carbocycles. The van der Waals surface area contributed by atoms with Gasteiger partial charge in [-0.1, -0.05) is 58.0 Å². The first-order valence-electron chi connectivity index (χ1n) is 9.37. The van der Waals surface area contributed by atoms with E-state index in [4.69, 9.17) is 4.98 Å². The number of carbonyl (C=O) groups is 1. The topological polar surface area (TPSA) is 64.0 Å². The van der Waals surface area contributed by atoms with E-state index < -0.39 is 0 Å². The van der Waals surface area contributed by atoms with Crippen molar-refractivity contribution in [1.29, 1.82) is 0 Å². The molecule has 7 heteroatoms. The van der Waals surface area contributed by atoms with Crippen LogP contribution in [0.2, 0.25) is 0 Å². The van der Waals surface area contributed by atoms with Crippen LogP contribution in [0.4, 0.5) is 5.69 Å². The second kappa shape index (κ2) is 9.28. The molecule has 1 heterocycles. The van der Waals surface area contributed by atoms with Gasteiger partial charge in [0.15, 0.2) is 5.16 Å². The molecule has 0 aliphatic heterocycles. The highest BCUT2D eigenvalue weighted by Crippen LogP contribution is 2.22. The fraction of sp³-hybridized carbons (Fsp3) is 0.0870. The number of nitrogens with one attached hydrogen (secondary N) is 1. The minimum Gasteiger partial charge on any atom is -0.326 e. The molecule has 1 N–H and O–H groups in total. The van der Waals surface area contributed by atoms with Crippen molar-refractivity contribution < 1.29 is 4.79 Å². The number of hydrogen-bond donors (Lipinski definition) is 1. The predicted molar refractivity (Wildman–Crippen MR) is 125 cm³/mol. The fourth-order valence-corrected chi connectivity index (χ4v) is 4.22. The highest BCUT2D eigenvalue weighted by atomic mass is 79.9. The van der Waals surface area contributed by atoms with Gasteiger partial charge < -0.3 is 5.32 Å². The lowest BCUT2D eigenvalue weighted by molar-refractivity contribution is -0.115. The number of aromatic nitrogens is 2. The Morgan fingerprint density at radius 1 is 0.967 bits per heavy atom. The van der Waals surface area contributed by atoms with Gasteiger partial charge in [-0.05, 0) is 48.5 Å². The lowest BCUT2D eigenvalue weighted by Crippen LogP contribution is -2.22. The Morgan fingerprint density at radius 2 is 1.67 bits per heavy atom. The maximum Gasteiger partial charge on any atom is 0.266 e. The lowest BCUT2D eigenvalue weighted by Gasteiger charge is -2.13. The zero-order valence-corrected chi connectivity index (χ0v) is 18.3. The minimum atomic E-state index is -0.117. The largest absolute Gasteiger partial charge is 0.326 e. The highest BCUT2D eigenvalue weighted by Gasteiger charge is 2.13. The summed E-state index contributed by atoms with van der Waals surface area (Å²) in [4.78, 5) is 30.1. The van der Waals surface area contributed by atoms with Crippen LogP contribution in [-0.4, -0.2) is 21.2 Å². The highest BCUT2D eigenvalue weighted by molar-refractivity contribution is 9.10. The summed E-state index contributed by atoms with van der Waals surface area (Å²) in [5.74, 6) is 0.416. The maximum atomic E-state index is 13.1. The molecule has 30 heavy (non-hydrogen) atoms. The van der Waals surface area contributed by atoms with Crippen LogP contribution >= 0.6 is 27.7 Å². The molecule has 0 bridgehead atoms. The number of hydrogen-bond acceptors (Lipinski definition) is 4. The Balaban J connectivity index is 1.55. The molecule has 0 aliphatic rings. The first kappa shape index (κ1) is 20.4. The van der Waals surface area contributed by atoms with Crippen molar-refractivity contribution in [2.24, 2.45) is 0 Å². The van der Waals surface area contributed by atoms with E-state index in [2.05, 4.69) is 21.2 Å². The molecule has 0 fully saturated rings. The van der Waals surface area contributed by atoms with E-state index in [1.165, 1.54) is 11.8 Å². The monoisotopic (exact) mass is 479 g/mol. The zero-order valence-electron chi connectivity index (χ0n) is 15.9. The summed E-state index contributed by atoms with van der Waals surface area (Å²) >= 11 is 4.77. The van der Waals surface area contributed by atoms with Gasteiger partial charge in [-0.2, -0.15) is 0 Å². The third-order valence-electron chi connectivity index (χ3n) is 4.45. The molecular formula is C23H18BrN3O2S. The van der Waals surface area contributed by atoms with Gasteiger partial charge in [-0.25, -0.2) is 4.98 Å². The Bertz CT molecular complexity index is 1240. The average molecular weight is 480 g/mol. The van der Waals surface area contributed by atoms with E-state index in [1.54, 1.807) is 10.6 Å². The summed E-state index contributed by atoms with van der Waals surface area (Å²) in [6.45, 7) is 0. The van der Waals surface area contributed by atoms with Crippen molar-refractivity contribution in [1.82, 2.24) is 9.55 Å². The number of halogens is 1. The summed E-state index contributed by atoms with van der Waals surface area (Å²) < 4.78 is 2.57. The molecule has 150 valence electrons. The molecule has 0 saturated heterocycles. The van der Waals surface area contributed by atoms with Gasteiger partial charge in [0.1, 0.15) is 0 Å². The quantitative estimate of drug-likeness (QED) is 0.302. The molecular weight excluding hydrogens is 462 g/mol.